The molecule has 0 radical (unpaired) electrons. The number of methoxy groups -OCH3 is 1. The smallest absolute Gasteiger partial charge is 0.234 e. The van der Waals surface area contributed by atoms with E-state index in [0.717, 1.165) is 55.0 Å². The average Bonchev–Trinajstić information content (AvgIpc) is 3.16. The number of piperidine rings is 2. The van der Waals surface area contributed by atoms with Gasteiger partial charge in [-0.1, -0.05) is 24.3 Å². The second kappa shape index (κ2) is 16.1. The first kappa shape index (κ1) is 38.4. The van der Waals surface area contributed by atoms with Crippen LogP contribution < -0.4 is 30.9 Å². The summed E-state index contributed by atoms with van der Waals surface area (Å²) in [5.74, 6) is 0.875. The zero-order valence-corrected chi connectivity index (χ0v) is 34.1. The number of anilines is 5. The number of rotatable bonds is 11. The largest absolute Gasteiger partial charge is 0.494 e. The number of nitrogens with one attached hydrogen (secondary N) is 3. The van der Waals surface area contributed by atoms with Gasteiger partial charge in [-0.2, -0.15) is 4.98 Å². The number of hydrogen-bond donors (Lipinski definition) is 3. The molecule has 0 aliphatic carbocycles. The van der Waals surface area contributed by atoms with Crippen LogP contribution in [0.5, 0.6) is 5.75 Å². The van der Waals surface area contributed by atoms with Crippen molar-refractivity contribution in [2.45, 2.75) is 51.1 Å². The molecular formula is C40H45BrN9O4P. The highest BCUT2D eigenvalue weighted by molar-refractivity contribution is 9.10. The summed E-state index contributed by atoms with van der Waals surface area (Å²) in [5.41, 5.74) is 7.03. The quantitative estimate of drug-likeness (QED) is 0.0943. The summed E-state index contributed by atoms with van der Waals surface area (Å²) in [6, 6.07) is 16.5. The van der Waals surface area contributed by atoms with Gasteiger partial charge in [0.2, 0.25) is 17.8 Å². The van der Waals surface area contributed by atoms with Crippen LogP contribution in [0.15, 0.2) is 71.6 Å². The summed E-state index contributed by atoms with van der Waals surface area (Å²) in [4.78, 5) is 46.9. The van der Waals surface area contributed by atoms with Crippen LogP contribution in [-0.4, -0.2) is 83.3 Å². The van der Waals surface area contributed by atoms with E-state index in [1.807, 2.05) is 24.3 Å². The number of nitrogens with zero attached hydrogens (tertiary/aromatic N) is 6. The number of halogens is 1. The number of amides is 2. The first-order valence-corrected chi connectivity index (χ1v) is 21.7. The summed E-state index contributed by atoms with van der Waals surface area (Å²) in [7, 11) is 1.07. The number of hydrogen-bond acceptors (Lipinski definition) is 12. The minimum absolute atomic E-state index is 0.193. The summed E-state index contributed by atoms with van der Waals surface area (Å²) in [6.45, 7) is 8.19. The molecule has 7 rings (SSSR count). The summed E-state index contributed by atoms with van der Waals surface area (Å²) in [5, 5.41) is 9.77. The van der Waals surface area contributed by atoms with Crippen LogP contribution in [-0.2, 0) is 20.7 Å². The van der Waals surface area contributed by atoms with Gasteiger partial charge < -0.3 is 24.8 Å². The molecule has 0 bridgehead atoms. The van der Waals surface area contributed by atoms with E-state index in [9.17, 15) is 14.2 Å². The Kier molecular flexibility index (Phi) is 11.2. The maximum absolute atomic E-state index is 13.5. The van der Waals surface area contributed by atoms with Crippen LogP contribution in [0.3, 0.4) is 0 Å². The van der Waals surface area contributed by atoms with Gasteiger partial charge >= 0.3 is 0 Å². The van der Waals surface area contributed by atoms with Gasteiger partial charge in [0, 0.05) is 62.4 Å². The lowest BCUT2D eigenvalue weighted by Gasteiger charge is -2.38. The highest BCUT2D eigenvalue weighted by atomic mass is 79.9. The third kappa shape index (κ3) is 8.51. The maximum Gasteiger partial charge on any atom is 0.234 e. The van der Waals surface area contributed by atoms with Gasteiger partial charge in [0.1, 0.15) is 24.2 Å². The number of carbonyl (C=O) groups excluding carboxylic acids is 2. The molecule has 2 saturated heterocycles. The fraction of sp³-hybridized carbons (Fsp3) is 0.350. The molecule has 1 atom stereocenters. The lowest BCUT2D eigenvalue weighted by atomic mass is 9.90. The molecule has 5 aromatic rings. The molecule has 3 aromatic carbocycles. The topological polar surface area (TPSA) is 155 Å². The molecular weight excluding hydrogens is 781 g/mol. The third-order valence-electron chi connectivity index (χ3n) is 10.4. The molecule has 2 aromatic heterocycles. The van der Waals surface area contributed by atoms with Crippen molar-refractivity contribution in [2.75, 3.05) is 56.1 Å². The second-order valence-electron chi connectivity index (χ2n) is 14.6. The van der Waals surface area contributed by atoms with E-state index < -0.39 is 7.14 Å². The standard InChI is InChI=1S/C40H45BrN9O4P/c1-24-20-32(46-40-44-22-29(41)38(48-40)45-31-12-11-30-36(43-17-16-42-30)37(31)55(4,5)53)34(54-3)21-33(24)50-18-14-27(15-19-50)49(2)23-25-6-8-26(9-7-25)28-10-13-35(51)47-39(28)52/h6-9,11-12,16-17,20-22,27-28H,10,13-15,18-19,23H2,1-5H3,(H,47,51,52)(H2,44,45,46,48). The van der Waals surface area contributed by atoms with Crippen molar-refractivity contribution < 1.29 is 18.9 Å². The van der Waals surface area contributed by atoms with Crippen LogP contribution in [0.4, 0.5) is 28.8 Å². The lowest BCUT2D eigenvalue weighted by molar-refractivity contribution is -0.134. The summed E-state index contributed by atoms with van der Waals surface area (Å²) < 4.78 is 20.0. The van der Waals surface area contributed by atoms with Crippen molar-refractivity contribution in [3.8, 4) is 5.75 Å². The van der Waals surface area contributed by atoms with Crippen molar-refractivity contribution in [1.29, 1.82) is 0 Å². The molecule has 4 heterocycles. The Balaban J connectivity index is 1.00. The Hall–Kier alpha value is -4.91. The van der Waals surface area contributed by atoms with Crippen LogP contribution in [0.25, 0.3) is 11.0 Å². The Bertz CT molecular complexity index is 2290. The van der Waals surface area contributed by atoms with Gasteiger partial charge in [0.25, 0.3) is 0 Å². The average molecular weight is 827 g/mol. The van der Waals surface area contributed by atoms with Crippen molar-refractivity contribution in [3.05, 3.63) is 88.3 Å². The Morgan fingerprint density at radius 3 is 2.44 bits per heavy atom. The molecule has 1 unspecified atom stereocenters. The van der Waals surface area contributed by atoms with Gasteiger partial charge in [0.15, 0.2) is 0 Å². The van der Waals surface area contributed by atoms with Crippen molar-refractivity contribution in [3.63, 3.8) is 0 Å². The van der Waals surface area contributed by atoms with Gasteiger partial charge in [-0.15, -0.1) is 0 Å². The molecule has 286 valence electrons. The predicted molar refractivity (Wildman–Crippen MR) is 221 cm³/mol. The Morgan fingerprint density at radius 1 is 0.982 bits per heavy atom. The zero-order valence-electron chi connectivity index (χ0n) is 31.6. The van der Waals surface area contributed by atoms with Gasteiger partial charge in [-0.25, -0.2) is 4.98 Å². The van der Waals surface area contributed by atoms with Crippen LogP contribution in [0.2, 0.25) is 0 Å². The van der Waals surface area contributed by atoms with Gasteiger partial charge in [-0.05, 0) is 97.4 Å². The molecule has 2 aliphatic rings. The monoisotopic (exact) mass is 825 g/mol. The number of aryl methyl sites for hydroxylation is 1. The van der Waals surface area contributed by atoms with Crippen molar-refractivity contribution in [1.82, 2.24) is 30.2 Å². The van der Waals surface area contributed by atoms with Gasteiger partial charge in [-0.3, -0.25) is 29.8 Å². The number of fused-ring (bicyclic) bond motifs is 1. The highest BCUT2D eigenvalue weighted by Gasteiger charge is 2.29. The minimum Gasteiger partial charge on any atom is -0.494 e. The summed E-state index contributed by atoms with van der Waals surface area (Å²) in [6.07, 6.45) is 7.87. The maximum atomic E-state index is 13.5. The van der Waals surface area contributed by atoms with E-state index in [4.69, 9.17) is 9.72 Å². The van der Waals surface area contributed by atoms with Crippen LogP contribution >= 0.6 is 23.1 Å². The first-order valence-electron chi connectivity index (χ1n) is 18.3. The highest BCUT2D eigenvalue weighted by Crippen LogP contribution is 2.42. The molecule has 15 heteroatoms. The Labute approximate surface area is 329 Å². The zero-order chi connectivity index (χ0) is 38.9. The Morgan fingerprint density at radius 2 is 1.73 bits per heavy atom. The van der Waals surface area contributed by atoms with E-state index in [2.05, 4.69) is 94.9 Å². The van der Waals surface area contributed by atoms with E-state index in [-0.39, 0.29) is 17.7 Å². The van der Waals surface area contributed by atoms with Crippen LogP contribution in [0, 0.1) is 6.92 Å². The number of carbonyl (C=O) groups is 2. The molecule has 2 fully saturated rings. The molecule has 2 aliphatic heterocycles. The predicted octanol–water partition coefficient (Wildman–Crippen LogP) is 6.86. The third-order valence-corrected chi connectivity index (χ3v) is 12.5. The van der Waals surface area contributed by atoms with E-state index >= 15 is 0 Å². The lowest BCUT2D eigenvalue weighted by Crippen LogP contribution is -2.43. The molecule has 0 spiro atoms. The van der Waals surface area contributed by atoms with E-state index in [1.54, 1.807) is 39.0 Å². The molecule has 2 amide bonds. The van der Waals surface area contributed by atoms with E-state index in [0.29, 0.717) is 62.9 Å². The molecule has 55 heavy (non-hydrogen) atoms. The number of ether oxygens (including phenoxy) is 1. The number of benzene rings is 3. The second-order valence-corrected chi connectivity index (χ2v) is 18.6. The minimum atomic E-state index is -2.76. The first-order chi connectivity index (χ1) is 26.4. The van der Waals surface area contributed by atoms with Crippen molar-refractivity contribution in [2.24, 2.45) is 0 Å². The summed E-state index contributed by atoms with van der Waals surface area (Å²) >= 11 is 3.57. The fourth-order valence-corrected chi connectivity index (χ4v) is 9.23. The SMILES string of the molecule is COc1cc(N2CCC(N(C)Cc3ccc(C4CCC(=O)NC4=O)cc3)CC2)c(C)cc1Nc1ncc(Br)c(Nc2ccc3nccnc3c2P(C)(C)=O)n1. The molecule has 0 saturated carbocycles. The van der Waals surface area contributed by atoms with Crippen LogP contribution in [0.1, 0.15) is 48.3 Å². The fourth-order valence-electron chi connectivity index (χ4n) is 7.55. The van der Waals surface area contributed by atoms with Gasteiger partial charge in [0.05, 0.1) is 39.7 Å². The molecule has 13 nitrogen and oxygen atoms in total. The van der Waals surface area contributed by atoms with Crippen molar-refractivity contribution >= 4 is 80.1 Å². The van der Waals surface area contributed by atoms with E-state index in [1.165, 1.54) is 5.56 Å². The molecule has 3 N–H and O–H groups in total. The number of imide groups is 1. The normalized spacial score (nSPS) is 16.7. The number of aromatic nitrogens is 4.